The van der Waals surface area contributed by atoms with E-state index in [1.165, 1.54) is 12.1 Å². The number of esters is 1. The van der Waals surface area contributed by atoms with Crippen LogP contribution in [0.4, 0.5) is 5.69 Å². The van der Waals surface area contributed by atoms with Gasteiger partial charge in [0.15, 0.2) is 9.84 Å². The number of benzene rings is 2. The Balaban J connectivity index is 1.81. The highest BCUT2D eigenvalue weighted by Gasteiger charge is 2.71. The van der Waals surface area contributed by atoms with Crippen molar-refractivity contribution in [2.75, 3.05) is 24.7 Å². The monoisotopic (exact) mass is 449 g/mol. The highest BCUT2D eigenvalue weighted by atomic mass is 32.2. The minimum atomic E-state index is -3.38. The molecule has 0 bridgehead atoms. The van der Waals surface area contributed by atoms with E-state index in [1.807, 2.05) is 24.3 Å². The Morgan fingerprint density at radius 3 is 2.59 bits per heavy atom. The first-order valence-corrected chi connectivity index (χ1v) is 12.4. The molecule has 1 aliphatic carbocycles. The van der Waals surface area contributed by atoms with Crippen LogP contribution in [-0.4, -0.2) is 39.8 Å². The first kappa shape index (κ1) is 20.6. The van der Waals surface area contributed by atoms with Crippen LogP contribution >= 0.6 is 0 Å². The summed E-state index contributed by atoms with van der Waals surface area (Å²) < 4.78 is 29.4. The smallest absolute Gasteiger partial charge is 0.333 e. The van der Waals surface area contributed by atoms with Crippen molar-refractivity contribution in [3.63, 3.8) is 0 Å². The molecule has 1 saturated heterocycles. The second-order valence-corrected chi connectivity index (χ2v) is 10.5. The van der Waals surface area contributed by atoms with Crippen LogP contribution in [0.3, 0.4) is 0 Å². The number of hydrogen-bond donors (Lipinski definition) is 2. The highest BCUT2D eigenvalue weighted by molar-refractivity contribution is 7.90. The lowest BCUT2D eigenvalue weighted by Gasteiger charge is -2.33. The van der Waals surface area contributed by atoms with Gasteiger partial charge in [-0.05, 0) is 42.7 Å². The molecule has 3 atom stereocenters. The van der Waals surface area contributed by atoms with Crippen LogP contribution in [0.2, 0.25) is 0 Å². The predicted molar refractivity (Wildman–Crippen MR) is 119 cm³/mol. The van der Waals surface area contributed by atoms with E-state index in [9.17, 15) is 18.5 Å². The Morgan fingerprint density at radius 2 is 1.94 bits per heavy atom. The van der Waals surface area contributed by atoms with E-state index in [-0.39, 0.29) is 11.5 Å². The van der Waals surface area contributed by atoms with Crippen molar-refractivity contribution in [2.45, 2.75) is 29.7 Å². The summed E-state index contributed by atoms with van der Waals surface area (Å²) in [5.41, 5.74) is 1.83. The third-order valence-electron chi connectivity index (χ3n) is 6.89. The van der Waals surface area contributed by atoms with Crippen molar-refractivity contribution < 1.29 is 17.9 Å². The number of fused-ring (bicyclic) bond motifs is 1. The number of nitrogens with zero attached hydrogens (tertiary/aromatic N) is 1. The maximum absolute atomic E-state index is 13.5. The summed E-state index contributed by atoms with van der Waals surface area (Å²) in [6.45, 7) is 2.58. The number of carbonyl (C=O) groups is 1. The van der Waals surface area contributed by atoms with Gasteiger partial charge in [-0.1, -0.05) is 30.3 Å². The number of nitrogens with one attached hydrogen (secondary N) is 2. The number of anilines is 1. The first-order valence-electron chi connectivity index (χ1n) is 10.5. The van der Waals surface area contributed by atoms with E-state index in [1.54, 1.807) is 19.1 Å². The molecule has 8 heteroatoms. The molecule has 2 aromatic carbocycles. The van der Waals surface area contributed by atoms with Crippen LogP contribution in [0.25, 0.3) is 5.57 Å². The fourth-order valence-corrected chi connectivity index (χ4v) is 6.29. The van der Waals surface area contributed by atoms with E-state index in [0.717, 1.165) is 29.6 Å². The number of carbonyl (C=O) groups excluding carboxylic acids is 1. The maximum Gasteiger partial charge on any atom is 0.333 e. The second kappa shape index (κ2) is 6.84. The van der Waals surface area contributed by atoms with Gasteiger partial charge in [-0.3, -0.25) is 0 Å². The van der Waals surface area contributed by atoms with E-state index in [2.05, 4.69) is 16.7 Å². The number of para-hydroxylation sites is 1. The van der Waals surface area contributed by atoms with Crippen LogP contribution < -0.4 is 10.6 Å². The molecule has 5 rings (SSSR count). The highest BCUT2D eigenvalue weighted by Crippen LogP contribution is 2.65. The van der Waals surface area contributed by atoms with Gasteiger partial charge in [-0.25, -0.2) is 13.2 Å². The third-order valence-corrected chi connectivity index (χ3v) is 8.02. The van der Waals surface area contributed by atoms with Crippen molar-refractivity contribution in [1.82, 2.24) is 5.32 Å². The summed E-state index contributed by atoms with van der Waals surface area (Å²) >= 11 is 0. The summed E-state index contributed by atoms with van der Waals surface area (Å²) in [6, 6.07) is 16.1. The predicted octanol–water partition coefficient (Wildman–Crippen LogP) is 2.61. The lowest BCUT2D eigenvalue weighted by molar-refractivity contribution is -0.149. The number of nitriles is 1. The SMILES string of the molecule is CCOC(=O)[C@@]1(C#N)C(c2ccc(S(C)(=O)=O)cc2)=C2NCCC23c2ccccc2NC31. The fourth-order valence-electron chi connectivity index (χ4n) is 5.66. The molecule has 2 unspecified atom stereocenters. The van der Waals surface area contributed by atoms with Crippen molar-refractivity contribution in [3.05, 3.63) is 65.4 Å². The zero-order valence-corrected chi connectivity index (χ0v) is 18.6. The van der Waals surface area contributed by atoms with Crippen LogP contribution in [0.5, 0.6) is 0 Å². The molecule has 2 N–H and O–H groups in total. The fraction of sp³-hybridized carbons (Fsp3) is 0.333. The van der Waals surface area contributed by atoms with Gasteiger partial charge >= 0.3 is 5.97 Å². The second-order valence-electron chi connectivity index (χ2n) is 8.46. The molecule has 7 nitrogen and oxygen atoms in total. The van der Waals surface area contributed by atoms with E-state index in [4.69, 9.17) is 4.74 Å². The quantitative estimate of drug-likeness (QED) is 0.691. The van der Waals surface area contributed by atoms with Gasteiger partial charge in [0.1, 0.15) is 0 Å². The number of sulfone groups is 1. The summed E-state index contributed by atoms with van der Waals surface area (Å²) in [6.07, 6.45) is 1.88. The van der Waals surface area contributed by atoms with Crippen molar-refractivity contribution in [1.29, 1.82) is 5.26 Å². The summed E-state index contributed by atoms with van der Waals surface area (Å²) in [7, 11) is -3.38. The molecule has 1 spiro atoms. The molecule has 32 heavy (non-hydrogen) atoms. The average molecular weight is 450 g/mol. The molecule has 1 fully saturated rings. The third kappa shape index (κ3) is 2.46. The van der Waals surface area contributed by atoms with Gasteiger partial charge in [0.2, 0.25) is 5.41 Å². The zero-order chi connectivity index (χ0) is 22.7. The number of hydrogen-bond acceptors (Lipinski definition) is 7. The van der Waals surface area contributed by atoms with Crippen LogP contribution in [0.15, 0.2) is 59.1 Å². The van der Waals surface area contributed by atoms with Gasteiger partial charge in [-0.2, -0.15) is 5.26 Å². The minimum Gasteiger partial charge on any atom is -0.464 e. The Morgan fingerprint density at radius 1 is 1.22 bits per heavy atom. The van der Waals surface area contributed by atoms with Crippen molar-refractivity contribution in [3.8, 4) is 6.07 Å². The topological polar surface area (TPSA) is 108 Å². The summed E-state index contributed by atoms with van der Waals surface area (Å²) in [5.74, 6) is -0.599. The van der Waals surface area contributed by atoms with Gasteiger partial charge < -0.3 is 15.4 Å². The molecular weight excluding hydrogens is 426 g/mol. The average Bonchev–Trinajstić information content (AvgIpc) is 3.40. The molecule has 2 heterocycles. The van der Waals surface area contributed by atoms with Gasteiger partial charge in [0.05, 0.1) is 29.0 Å². The molecule has 164 valence electrons. The standard InChI is InChI=1S/C24H23N3O4S/c1-3-31-22(28)24(14-25)19(15-8-10-16(11-9-15)32(2,29)30)20-23(12-13-26-20)17-6-4-5-7-18(17)27-21(23)24/h4-11,21,26-27H,3,12-13H2,1-2H3/t21?,23?,24-/m0/s1. The summed E-state index contributed by atoms with van der Waals surface area (Å²) in [4.78, 5) is 13.7. The van der Waals surface area contributed by atoms with Crippen LogP contribution in [-0.2, 0) is 24.8 Å². The van der Waals surface area contributed by atoms with Gasteiger partial charge in [0.25, 0.3) is 0 Å². The Hall–Kier alpha value is -3.31. The lowest BCUT2D eigenvalue weighted by Crippen LogP contribution is -2.50. The molecular formula is C24H23N3O4S. The molecule has 0 aromatic heterocycles. The molecule has 0 amide bonds. The largest absolute Gasteiger partial charge is 0.464 e. The molecule has 2 aliphatic heterocycles. The Labute approximate surface area is 187 Å². The first-order chi connectivity index (χ1) is 15.3. The molecule has 0 saturated carbocycles. The molecule has 0 radical (unpaired) electrons. The Bertz CT molecular complexity index is 1310. The maximum atomic E-state index is 13.5. The minimum absolute atomic E-state index is 0.151. The lowest BCUT2D eigenvalue weighted by atomic mass is 9.69. The normalized spacial score (nSPS) is 27.6. The molecule has 2 aromatic rings. The molecule has 3 aliphatic rings. The Kier molecular flexibility index (Phi) is 4.40. The van der Waals surface area contributed by atoms with Crippen molar-refractivity contribution >= 4 is 27.1 Å². The van der Waals surface area contributed by atoms with Crippen molar-refractivity contribution in [2.24, 2.45) is 5.41 Å². The van der Waals surface area contributed by atoms with Crippen LogP contribution in [0, 0.1) is 16.7 Å². The number of ether oxygens (including phenoxy) is 1. The van der Waals surface area contributed by atoms with Gasteiger partial charge in [0, 0.05) is 29.8 Å². The van der Waals surface area contributed by atoms with E-state index < -0.39 is 32.7 Å². The van der Waals surface area contributed by atoms with E-state index >= 15 is 0 Å². The number of rotatable bonds is 4. The zero-order valence-electron chi connectivity index (χ0n) is 17.8. The van der Waals surface area contributed by atoms with Gasteiger partial charge in [-0.15, -0.1) is 0 Å². The van der Waals surface area contributed by atoms with E-state index in [0.29, 0.717) is 17.7 Å². The summed E-state index contributed by atoms with van der Waals surface area (Å²) in [5, 5.41) is 17.5. The van der Waals surface area contributed by atoms with Crippen LogP contribution in [0.1, 0.15) is 24.5 Å².